The Morgan fingerprint density at radius 1 is 0.933 bits per heavy atom. The Labute approximate surface area is 180 Å². The van der Waals surface area contributed by atoms with Gasteiger partial charge < -0.3 is 20.0 Å². The van der Waals surface area contributed by atoms with Crippen molar-refractivity contribution in [3.63, 3.8) is 0 Å². The average molecular weight is 413 g/mol. The Hall–Kier alpha value is -2.08. The van der Waals surface area contributed by atoms with Crippen LogP contribution in [0.25, 0.3) is 0 Å². The normalized spacial score (nSPS) is 21.8. The number of benzene rings is 1. The van der Waals surface area contributed by atoms with Gasteiger partial charge in [0.05, 0.1) is 5.56 Å². The molecule has 2 aliphatic heterocycles. The van der Waals surface area contributed by atoms with Crippen LogP contribution < -0.4 is 10.2 Å². The molecule has 0 atom stereocenters. The Bertz CT molecular complexity index is 730. The van der Waals surface area contributed by atoms with Crippen LogP contribution in [0.5, 0.6) is 0 Å². The molecule has 1 aromatic carbocycles. The third kappa shape index (κ3) is 4.80. The van der Waals surface area contributed by atoms with E-state index in [0.29, 0.717) is 0 Å². The van der Waals surface area contributed by atoms with Crippen molar-refractivity contribution in [3.8, 4) is 0 Å². The lowest BCUT2D eigenvalue weighted by molar-refractivity contribution is -0.125. The van der Waals surface area contributed by atoms with Crippen molar-refractivity contribution in [2.75, 3.05) is 50.7 Å². The molecule has 6 nitrogen and oxygen atoms in total. The molecule has 2 heterocycles. The molecule has 6 heteroatoms. The molecular weight excluding hydrogens is 376 g/mol. The van der Waals surface area contributed by atoms with Gasteiger partial charge in [-0.25, -0.2) is 0 Å². The van der Waals surface area contributed by atoms with E-state index in [2.05, 4.69) is 28.1 Å². The highest BCUT2D eigenvalue weighted by Gasteiger charge is 2.29. The number of nitrogens with one attached hydrogen (secondary N) is 1. The van der Waals surface area contributed by atoms with Gasteiger partial charge in [-0.2, -0.15) is 0 Å². The van der Waals surface area contributed by atoms with E-state index < -0.39 is 0 Å². The van der Waals surface area contributed by atoms with Crippen LogP contribution in [0, 0.1) is 5.92 Å². The highest BCUT2D eigenvalue weighted by atomic mass is 16.2. The molecule has 0 unspecified atom stereocenters. The van der Waals surface area contributed by atoms with Crippen molar-refractivity contribution >= 4 is 17.5 Å². The van der Waals surface area contributed by atoms with E-state index in [9.17, 15) is 9.59 Å². The summed E-state index contributed by atoms with van der Waals surface area (Å²) in [5.74, 6) is 0.639. The maximum absolute atomic E-state index is 13.2. The van der Waals surface area contributed by atoms with Crippen molar-refractivity contribution in [2.45, 2.75) is 51.5 Å². The highest BCUT2D eigenvalue weighted by molar-refractivity contribution is 6.00. The van der Waals surface area contributed by atoms with E-state index >= 15 is 0 Å². The fourth-order valence-corrected chi connectivity index (χ4v) is 5.14. The van der Waals surface area contributed by atoms with Gasteiger partial charge in [0.2, 0.25) is 5.91 Å². The number of likely N-dealkylation sites (N-methyl/N-ethyl adjacent to an activating group) is 1. The number of amides is 2. The minimum atomic E-state index is 0.151. The molecule has 1 saturated carbocycles. The maximum atomic E-state index is 13.2. The predicted molar refractivity (Wildman–Crippen MR) is 120 cm³/mol. The van der Waals surface area contributed by atoms with E-state index in [-0.39, 0.29) is 23.8 Å². The van der Waals surface area contributed by atoms with Gasteiger partial charge in [0.1, 0.15) is 0 Å². The van der Waals surface area contributed by atoms with Crippen LogP contribution in [-0.2, 0) is 4.79 Å². The van der Waals surface area contributed by atoms with Crippen LogP contribution in [0.2, 0.25) is 0 Å². The number of carbonyl (C=O) groups excluding carboxylic acids is 2. The van der Waals surface area contributed by atoms with Crippen LogP contribution in [0.15, 0.2) is 24.3 Å². The van der Waals surface area contributed by atoms with Gasteiger partial charge >= 0.3 is 0 Å². The average Bonchev–Trinajstić information content (AvgIpc) is 3.34. The van der Waals surface area contributed by atoms with Gasteiger partial charge in [0.15, 0.2) is 0 Å². The smallest absolute Gasteiger partial charge is 0.256 e. The quantitative estimate of drug-likeness (QED) is 0.808. The van der Waals surface area contributed by atoms with E-state index in [1.54, 1.807) is 0 Å². The molecule has 0 aromatic heterocycles. The minimum absolute atomic E-state index is 0.151. The van der Waals surface area contributed by atoms with E-state index in [0.717, 1.165) is 82.7 Å². The number of piperazine rings is 1. The summed E-state index contributed by atoms with van der Waals surface area (Å²) >= 11 is 0. The van der Waals surface area contributed by atoms with Gasteiger partial charge in [0, 0.05) is 56.9 Å². The number of carbonyl (C=O) groups is 2. The number of nitrogens with zero attached hydrogens (tertiary/aromatic N) is 3. The fourth-order valence-electron chi connectivity index (χ4n) is 5.14. The molecular formula is C24H36N4O2. The number of piperidine rings is 1. The first-order valence-corrected chi connectivity index (χ1v) is 11.8. The summed E-state index contributed by atoms with van der Waals surface area (Å²) in [6.07, 6.45) is 6.36. The molecule has 2 saturated heterocycles. The molecule has 3 aliphatic rings. The van der Waals surface area contributed by atoms with E-state index in [1.807, 2.05) is 23.1 Å². The van der Waals surface area contributed by atoms with Crippen LogP contribution in [0.4, 0.5) is 5.69 Å². The van der Waals surface area contributed by atoms with Crippen molar-refractivity contribution in [3.05, 3.63) is 29.8 Å². The summed E-state index contributed by atoms with van der Waals surface area (Å²) in [5, 5.41) is 3.29. The second-order valence-electron chi connectivity index (χ2n) is 8.99. The van der Waals surface area contributed by atoms with Crippen molar-refractivity contribution in [1.29, 1.82) is 0 Å². The summed E-state index contributed by atoms with van der Waals surface area (Å²) in [6, 6.07) is 8.30. The Kier molecular flexibility index (Phi) is 6.93. The lowest BCUT2D eigenvalue weighted by atomic mass is 10.0. The first-order valence-electron chi connectivity index (χ1n) is 11.8. The fraction of sp³-hybridized carbons (Fsp3) is 0.667. The van der Waals surface area contributed by atoms with Gasteiger partial charge in [-0.05, 0) is 44.4 Å². The Morgan fingerprint density at radius 3 is 2.27 bits per heavy atom. The van der Waals surface area contributed by atoms with Crippen molar-refractivity contribution in [2.24, 2.45) is 5.92 Å². The summed E-state index contributed by atoms with van der Waals surface area (Å²) < 4.78 is 0. The number of para-hydroxylation sites is 1. The molecule has 4 rings (SSSR count). The molecule has 30 heavy (non-hydrogen) atoms. The summed E-state index contributed by atoms with van der Waals surface area (Å²) in [4.78, 5) is 32.4. The van der Waals surface area contributed by atoms with E-state index in [1.165, 1.54) is 12.8 Å². The molecule has 1 aromatic rings. The van der Waals surface area contributed by atoms with Gasteiger partial charge in [0.25, 0.3) is 5.91 Å². The number of rotatable bonds is 5. The largest absolute Gasteiger partial charge is 0.371 e. The molecule has 0 spiro atoms. The summed E-state index contributed by atoms with van der Waals surface area (Å²) in [7, 11) is 0. The van der Waals surface area contributed by atoms with Crippen LogP contribution in [0.1, 0.15) is 55.8 Å². The van der Waals surface area contributed by atoms with Crippen molar-refractivity contribution < 1.29 is 9.59 Å². The molecule has 1 aliphatic carbocycles. The third-order valence-electron chi connectivity index (χ3n) is 7.15. The molecule has 1 N–H and O–H groups in total. The molecule has 2 amide bonds. The highest BCUT2D eigenvalue weighted by Crippen LogP contribution is 2.28. The first kappa shape index (κ1) is 21.2. The zero-order chi connectivity index (χ0) is 20.9. The Balaban J connectivity index is 1.35. The van der Waals surface area contributed by atoms with Crippen LogP contribution in [-0.4, -0.2) is 73.5 Å². The van der Waals surface area contributed by atoms with Gasteiger partial charge in [-0.3, -0.25) is 9.59 Å². The number of hydrogen-bond acceptors (Lipinski definition) is 4. The van der Waals surface area contributed by atoms with E-state index in [4.69, 9.17) is 0 Å². The van der Waals surface area contributed by atoms with Crippen LogP contribution in [0.3, 0.4) is 0 Å². The maximum Gasteiger partial charge on any atom is 0.256 e. The predicted octanol–water partition coefficient (Wildman–Crippen LogP) is 2.74. The number of anilines is 1. The lowest BCUT2D eigenvalue weighted by Crippen LogP contribution is -2.49. The standard InChI is InChI=1S/C24H36N4O2/c1-2-26-15-17-28(18-16-26)24(30)21-9-5-6-10-22(21)27-13-11-20(12-14-27)25-23(29)19-7-3-4-8-19/h5-6,9-10,19-20H,2-4,7-8,11-18H2,1H3,(H,25,29). The summed E-state index contributed by atoms with van der Waals surface area (Å²) in [5.41, 5.74) is 1.86. The van der Waals surface area contributed by atoms with Gasteiger partial charge in [-0.15, -0.1) is 0 Å². The monoisotopic (exact) mass is 412 g/mol. The molecule has 0 radical (unpaired) electrons. The third-order valence-corrected chi connectivity index (χ3v) is 7.15. The van der Waals surface area contributed by atoms with Crippen LogP contribution >= 0.6 is 0 Å². The lowest BCUT2D eigenvalue weighted by Gasteiger charge is -2.37. The second-order valence-corrected chi connectivity index (χ2v) is 8.99. The minimum Gasteiger partial charge on any atom is -0.371 e. The SMILES string of the molecule is CCN1CCN(C(=O)c2ccccc2N2CCC(NC(=O)C3CCCC3)CC2)CC1. The zero-order valence-electron chi connectivity index (χ0n) is 18.3. The topological polar surface area (TPSA) is 55.9 Å². The van der Waals surface area contributed by atoms with Crippen molar-refractivity contribution in [1.82, 2.24) is 15.1 Å². The molecule has 3 fully saturated rings. The first-order chi connectivity index (χ1) is 14.7. The molecule has 0 bridgehead atoms. The summed E-state index contributed by atoms with van der Waals surface area (Å²) in [6.45, 7) is 8.49. The number of hydrogen-bond donors (Lipinski definition) is 1. The molecule has 164 valence electrons. The zero-order valence-corrected chi connectivity index (χ0v) is 18.3. The van der Waals surface area contributed by atoms with Gasteiger partial charge in [-0.1, -0.05) is 31.9 Å². The second kappa shape index (κ2) is 9.82. The Morgan fingerprint density at radius 2 is 1.60 bits per heavy atom.